The molecule has 3 fully saturated rings. The van der Waals surface area contributed by atoms with Crippen molar-refractivity contribution in [1.82, 2.24) is 0 Å². The second-order valence-electron chi connectivity index (χ2n) is 11.8. The molecule has 0 radical (unpaired) electrons. The molecule has 3 heteroatoms. The monoisotopic (exact) mass is 443 g/mol. The van der Waals surface area contributed by atoms with Gasteiger partial charge in [-0.1, -0.05) is 56.6 Å². The fraction of sp³-hybridized carbons (Fsp3) is 0.793. The van der Waals surface area contributed by atoms with Gasteiger partial charge in [0.15, 0.2) is 0 Å². The maximum absolute atomic E-state index is 10.1. The van der Waals surface area contributed by atoms with Crippen LogP contribution in [-0.2, 0) is 4.74 Å². The van der Waals surface area contributed by atoms with E-state index < -0.39 is 5.60 Å². The average Bonchev–Trinajstić information content (AvgIpc) is 3.08. The maximum Gasteiger partial charge on any atom is 0.0619 e. The summed E-state index contributed by atoms with van der Waals surface area (Å²) in [5.41, 5.74) is 9.88. The molecule has 3 aliphatic carbocycles. The third-order valence-corrected chi connectivity index (χ3v) is 8.81. The van der Waals surface area contributed by atoms with Crippen LogP contribution in [0.3, 0.4) is 0 Å². The molecule has 0 saturated heterocycles. The van der Waals surface area contributed by atoms with Gasteiger partial charge in [0.1, 0.15) is 0 Å². The fourth-order valence-electron chi connectivity index (χ4n) is 7.03. The Hall–Kier alpha value is -0.900. The highest BCUT2D eigenvalue weighted by atomic mass is 16.5. The molecule has 32 heavy (non-hydrogen) atoms. The molecule has 3 N–H and O–H groups in total. The van der Waals surface area contributed by atoms with Crippen LogP contribution in [0.2, 0.25) is 0 Å². The SMILES string of the molecule is C=C1CC[C@H](OCCN)CC1=C/C=C1\CCC[C@@]2(C)C1CC[C@@H]2[C@H](C)CCCC(C)(C)O. The smallest absolute Gasteiger partial charge is 0.0619 e. The van der Waals surface area contributed by atoms with E-state index in [4.69, 9.17) is 10.5 Å². The van der Waals surface area contributed by atoms with Gasteiger partial charge in [-0.2, -0.15) is 0 Å². The van der Waals surface area contributed by atoms with Crippen molar-refractivity contribution >= 4 is 0 Å². The summed E-state index contributed by atoms with van der Waals surface area (Å²) in [6.45, 7) is 14.5. The van der Waals surface area contributed by atoms with Crippen molar-refractivity contribution in [3.63, 3.8) is 0 Å². The molecule has 0 heterocycles. The van der Waals surface area contributed by atoms with E-state index >= 15 is 0 Å². The number of hydrogen-bond acceptors (Lipinski definition) is 3. The first-order valence-electron chi connectivity index (χ1n) is 13.3. The Labute approximate surface area is 197 Å². The summed E-state index contributed by atoms with van der Waals surface area (Å²) in [5.74, 6) is 2.28. The van der Waals surface area contributed by atoms with Crippen molar-refractivity contribution in [1.29, 1.82) is 0 Å². The van der Waals surface area contributed by atoms with Crippen molar-refractivity contribution < 1.29 is 9.84 Å². The number of fused-ring (bicyclic) bond motifs is 1. The summed E-state index contributed by atoms with van der Waals surface area (Å²) >= 11 is 0. The average molecular weight is 444 g/mol. The minimum atomic E-state index is -0.534. The van der Waals surface area contributed by atoms with E-state index in [0.717, 1.165) is 49.9 Å². The molecular formula is C29H49NO2. The van der Waals surface area contributed by atoms with Crippen molar-refractivity contribution in [2.24, 2.45) is 28.9 Å². The highest BCUT2D eigenvalue weighted by Gasteiger charge is 2.50. The van der Waals surface area contributed by atoms with Crippen LogP contribution in [0.15, 0.2) is 35.5 Å². The second-order valence-corrected chi connectivity index (χ2v) is 11.8. The third kappa shape index (κ3) is 6.36. The number of nitrogens with two attached hydrogens (primary N) is 1. The molecule has 0 aromatic heterocycles. The predicted octanol–water partition coefficient (Wildman–Crippen LogP) is 6.72. The van der Waals surface area contributed by atoms with E-state index in [1.807, 2.05) is 13.8 Å². The Morgan fingerprint density at radius 1 is 1.25 bits per heavy atom. The molecule has 0 amide bonds. The lowest BCUT2D eigenvalue weighted by atomic mass is 9.60. The Kier molecular flexibility index (Phi) is 8.85. The van der Waals surface area contributed by atoms with Gasteiger partial charge in [-0.25, -0.2) is 0 Å². The zero-order valence-corrected chi connectivity index (χ0v) is 21.3. The second kappa shape index (κ2) is 11.0. The molecule has 1 unspecified atom stereocenters. The van der Waals surface area contributed by atoms with Crippen LogP contribution in [0.4, 0.5) is 0 Å². The Bertz CT molecular complexity index is 700. The molecule has 0 spiro atoms. The normalized spacial score (nSPS) is 34.8. The predicted molar refractivity (Wildman–Crippen MR) is 135 cm³/mol. The van der Waals surface area contributed by atoms with Gasteiger partial charge in [0, 0.05) is 6.54 Å². The quantitative estimate of drug-likeness (QED) is 0.416. The van der Waals surface area contributed by atoms with Gasteiger partial charge < -0.3 is 15.6 Å². The number of rotatable bonds is 9. The Morgan fingerprint density at radius 3 is 2.75 bits per heavy atom. The largest absolute Gasteiger partial charge is 0.390 e. The summed E-state index contributed by atoms with van der Waals surface area (Å²) in [4.78, 5) is 0. The Morgan fingerprint density at radius 2 is 2.03 bits per heavy atom. The van der Waals surface area contributed by atoms with Gasteiger partial charge in [-0.15, -0.1) is 0 Å². The molecule has 0 aromatic carbocycles. The van der Waals surface area contributed by atoms with Crippen molar-refractivity contribution in [3.8, 4) is 0 Å². The maximum atomic E-state index is 10.1. The van der Waals surface area contributed by atoms with Crippen molar-refractivity contribution in [2.75, 3.05) is 13.2 Å². The van der Waals surface area contributed by atoms with Crippen LogP contribution in [-0.4, -0.2) is 30.0 Å². The summed E-state index contributed by atoms with van der Waals surface area (Å²) in [5, 5.41) is 10.1. The first kappa shape index (κ1) is 25.7. The highest BCUT2D eigenvalue weighted by molar-refractivity contribution is 5.36. The van der Waals surface area contributed by atoms with Gasteiger partial charge in [-0.3, -0.25) is 0 Å². The van der Waals surface area contributed by atoms with Crippen LogP contribution in [0.1, 0.15) is 98.3 Å². The lowest BCUT2D eigenvalue weighted by Crippen LogP contribution is -2.36. The minimum Gasteiger partial charge on any atom is -0.390 e. The number of allylic oxidation sites excluding steroid dienone is 4. The van der Waals surface area contributed by atoms with Crippen LogP contribution >= 0.6 is 0 Å². The van der Waals surface area contributed by atoms with Gasteiger partial charge in [0.2, 0.25) is 0 Å². The molecule has 3 aliphatic rings. The summed E-state index contributed by atoms with van der Waals surface area (Å²) in [7, 11) is 0. The first-order valence-corrected chi connectivity index (χ1v) is 13.3. The zero-order valence-electron chi connectivity index (χ0n) is 21.3. The van der Waals surface area contributed by atoms with Crippen LogP contribution < -0.4 is 5.73 Å². The van der Waals surface area contributed by atoms with Crippen LogP contribution in [0.5, 0.6) is 0 Å². The van der Waals surface area contributed by atoms with Crippen molar-refractivity contribution in [3.05, 3.63) is 35.5 Å². The van der Waals surface area contributed by atoms with Crippen LogP contribution in [0.25, 0.3) is 0 Å². The van der Waals surface area contributed by atoms with E-state index in [9.17, 15) is 5.11 Å². The molecule has 0 aromatic rings. The summed E-state index contributed by atoms with van der Waals surface area (Å²) < 4.78 is 5.94. The molecular weight excluding hydrogens is 394 g/mol. The standard InChI is InChI=1S/C29H49NO2/c1-21-10-13-25(32-19-18-30)20-24(21)12-11-23-9-7-17-29(5)26(14-15-27(23)29)22(2)8-6-16-28(3,4)31/h11-12,22,25-27,31H,1,6-10,13-20,30H2,2-5H3/b23-11+,24-12?/t22-,25+,26-,27?,29-/m1/s1. The molecule has 182 valence electrons. The summed E-state index contributed by atoms with van der Waals surface area (Å²) in [6, 6.07) is 0. The van der Waals surface area contributed by atoms with E-state index in [2.05, 4.69) is 32.6 Å². The molecule has 3 saturated carbocycles. The van der Waals surface area contributed by atoms with Gasteiger partial charge in [-0.05, 0) is 100 Å². The van der Waals surface area contributed by atoms with Gasteiger partial charge in [0.25, 0.3) is 0 Å². The molecule has 0 bridgehead atoms. The number of hydrogen-bond donors (Lipinski definition) is 2. The highest BCUT2D eigenvalue weighted by Crippen LogP contribution is 2.60. The van der Waals surface area contributed by atoms with E-state index in [1.54, 1.807) is 5.57 Å². The topological polar surface area (TPSA) is 55.5 Å². The molecule has 0 aliphatic heterocycles. The van der Waals surface area contributed by atoms with Crippen molar-refractivity contribution in [2.45, 2.75) is 110 Å². The number of ether oxygens (including phenoxy) is 1. The van der Waals surface area contributed by atoms with Crippen LogP contribution in [0, 0.1) is 23.2 Å². The lowest BCUT2D eigenvalue weighted by molar-refractivity contribution is 0.0493. The number of aliphatic hydroxyl groups is 1. The summed E-state index contributed by atoms with van der Waals surface area (Å²) in [6.07, 6.45) is 18.1. The first-order chi connectivity index (χ1) is 15.1. The Balaban J connectivity index is 1.66. The molecule has 5 atom stereocenters. The van der Waals surface area contributed by atoms with Gasteiger partial charge in [0.05, 0.1) is 18.3 Å². The van der Waals surface area contributed by atoms with E-state index in [-0.39, 0.29) is 0 Å². The van der Waals surface area contributed by atoms with E-state index in [0.29, 0.717) is 24.7 Å². The lowest BCUT2D eigenvalue weighted by Gasteiger charge is -2.44. The van der Waals surface area contributed by atoms with Gasteiger partial charge >= 0.3 is 0 Å². The molecule has 3 nitrogen and oxygen atoms in total. The minimum absolute atomic E-state index is 0.297. The zero-order chi connectivity index (χ0) is 23.4. The fourth-order valence-corrected chi connectivity index (χ4v) is 7.03. The van der Waals surface area contributed by atoms with E-state index in [1.165, 1.54) is 49.7 Å². The molecule has 3 rings (SSSR count). The third-order valence-electron chi connectivity index (χ3n) is 8.81.